The van der Waals surface area contributed by atoms with Crippen molar-refractivity contribution in [3.8, 4) is 0 Å². The topological polar surface area (TPSA) is 22.5 Å². The van der Waals surface area contributed by atoms with Crippen molar-refractivity contribution < 1.29 is 4.74 Å². The monoisotopic (exact) mass is 514 g/mol. The molecule has 4 aliphatic rings. The van der Waals surface area contributed by atoms with E-state index in [0.29, 0.717) is 18.1 Å². The number of ether oxygens (including phenoxy) is 1. The van der Waals surface area contributed by atoms with E-state index in [4.69, 9.17) is 4.74 Å². The van der Waals surface area contributed by atoms with Crippen LogP contribution in [0.25, 0.3) is 0 Å². The van der Waals surface area contributed by atoms with Crippen molar-refractivity contribution in [3.63, 3.8) is 0 Å². The quantitative estimate of drug-likeness (QED) is 0.287. The van der Waals surface area contributed by atoms with Crippen molar-refractivity contribution in [2.75, 3.05) is 42.3 Å². The third-order valence-corrected chi connectivity index (χ3v) is 10.9. The fourth-order valence-corrected chi connectivity index (χ4v) is 8.13. The summed E-state index contributed by atoms with van der Waals surface area (Å²) in [4.78, 5) is 7.32. The summed E-state index contributed by atoms with van der Waals surface area (Å²) >= 11 is 0. The molecule has 37 heavy (non-hydrogen) atoms. The Bertz CT molecular complexity index is 671. The lowest BCUT2D eigenvalue weighted by atomic mass is 9.74. The molecule has 0 amide bonds. The van der Waals surface area contributed by atoms with Gasteiger partial charge in [-0.3, -0.25) is 0 Å². The van der Waals surface area contributed by atoms with Crippen molar-refractivity contribution in [1.82, 2.24) is 14.7 Å². The molecule has 4 fully saturated rings. The Labute approximate surface area is 229 Å². The molecule has 0 bridgehead atoms. The van der Waals surface area contributed by atoms with Gasteiger partial charge in [0.15, 0.2) is 12.2 Å². The third-order valence-electron chi connectivity index (χ3n) is 10.9. The molecule has 0 radical (unpaired) electrons. The highest BCUT2D eigenvalue weighted by molar-refractivity contribution is 5.08. The minimum atomic E-state index is 0.591. The number of rotatable bonds is 8. The highest BCUT2D eigenvalue weighted by Crippen LogP contribution is 2.40. The van der Waals surface area contributed by atoms with E-state index in [1.807, 2.05) is 0 Å². The number of nitrogens with zero attached hydrogens (tertiary/aromatic N) is 3. The van der Waals surface area contributed by atoms with Gasteiger partial charge in [-0.15, -0.1) is 0 Å². The second-order valence-electron chi connectivity index (χ2n) is 13.9. The molecule has 3 saturated carbocycles. The molecule has 1 N–H and O–H groups in total. The van der Waals surface area contributed by atoms with Gasteiger partial charge in [-0.05, 0) is 131 Å². The maximum atomic E-state index is 5.66. The van der Waals surface area contributed by atoms with Crippen LogP contribution in [0.2, 0.25) is 0 Å². The van der Waals surface area contributed by atoms with Crippen LogP contribution < -0.4 is 0 Å². The van der Waals surface area contributed by atoms with E-state index in [1.165, 1.54) is 89.9 Å². The minimum absolute atomic E-state index is 0.591. The van der Waals surface area contributed by atoms with Gasteiger partial charge in [0, 0.05) is 42.8 Å². The Balaban J connectivity index is 1.34. The number of allylic oxidation sites excluding steroid dienone is 4. The number of aliphatic hydroxyl groups is 2. The zero-order valence-corrected chi connectivity index (χ0v) is 25.2. The van der Waals surface area contributed by atoms with Crippen LogP contribution in [0.4, 0.5) is 0 Å². The maximum absolute atomic E-state index is 5.66. The average molecular weight is 515 g/mol. The van der Waals surface area contributed by atoms with Crippen LogP contribution in [0.3, 0.4) is 0 Å². The molecule has 212 valence electrons. The molecule has 1 aliphatic heterocycles. The first-order valence-electron chi connectivity index (χ1n) is 15.8. The maximum Gasteiger partial charge on any atom is 0.158 e. The standard InChI is InChI=1S/C33H59N3O/c1-34(2)29-17-11-25(12-18-29)9-7-8-10-26-23-32(27-13-19-30(20-14-27)35(3)4)37-33(24-26)28-15-21-31(22-16-28)36(5)6/h7-10,25-33H,11-24H2,1-6H3/p+1/b9-7+,10-8+. The van der Waals surface area contributed by atoms with E-state index in [9.17, 15) is 0 Å². The summed E-state index contributed by atoms with van der Waals surface area (Å²) in [5.41, 5.74) is 0. The second-order valence-corrected chi connectivity index (χ2v) is 13.9. The van der Waals surface area contributed by atoms with Crippen LogP contribution >= 0.6 is 0 Å². The Morgan fingerprint density at radius 3 is 1.19 bits per heavy atom. The fourth-order valence-electron chi connectivity index (χ4n) is 8.13. The van der Waals surface area contributed by atoms with Crippen molar-refractivity contribution in [3.05, 3.63) is 24.3 Å². The van der Waals surface area contributed by atoms with Gasteiger partial charge in [0.05, 0.1) is 0 Å². The van der Waals surface area contributed by atoms with Gasteiger partial charge in [0.25, 0.3) is 0 Å². The van der Waals surface area contributed by atoms with Crippen LogP contribution in [0.15, 0.2) is 24.3 Å². The molecule has 0 aromatic heterocycles. The van der Waals surface area contributed by atoms with E-state index in [2.05, 4.69) is 81.3 Å². The van der Waals surface area contributed by atoms with Crippen LogP contribution in [0.5, 0.6) is 0 Å². The fraction of sp³-hybridized carbons (Fsp3) is 0.879. The lowest BCUT2D eigenvalue weighted by Gasteiger charge is -2.42. The van der Waals surface area contributed by atoms with Crippen molar-refractivity contribution in [2.24, 2.45) is 23.7 Å². The van der Waals surface area contributed by atoms with Gasteiger partial charge in [-0.1, -0.05) is 24.3 Å². The molecule has 1 heterocycles. The molecule has 2 unspecified atom stereocenters. The van der Waals surface area contributed by atoms with E-state index < -0.39 is 0 Å². The number of hydrogen-bond acceptors (Lipinski definition) is 3. The van der Waals surface area contributed by atoms with Gasteiger partial charge in [0.2, 0.25) is 0 Å². The van der Waals surface area contributed by atoms with E-state index >= 15 is 0 Å². The van der Waals surface area contributed by atoms with Gasteiger partial charge in [-0.2, -0.15) is 0 Å². The molecule has 0 aromatic rings. The third kappa shape index (κ3) is 8.40. The second kappa shape index (κ2) is 14.1. The number of hydrogen-bond donors (Lipinski definition) is 0. The first-order chi connectivity index (χ1) is 17.8. The molecule has 0 spiro atoms. The summed E-state index contributed by atoms with van der Waals surface area (Å²) in [7, 11) is 13.5. The average Bonchev–Trinajstić information content (AvgIpc) is 2.91. The summed E-state index contributed by atoms with van der Waals surface area (Å²) in [5.74, 6) is 3.12. The smallest absolute Gasteiger partial charge is 0.158 e. The normalized spacial score (nSPS) is 40.4. The predicted molar refractivity (Wildman–Crippen MR) is 159 cm³/mol. The van der Waals surface area contributed by atoms with E-state index in [-0.39, 0.29) is 0 Å². The van der Waals surface area contributed by atoms with Crippen molar-refractivity contribution in [2.45, 2.75) is 120 Å². The van der Waals surface area contributed by atoms with Crippen LogP contribution in [0.1, 0.15) is 89.9 Å². The van der Waals surface area contributed by atoms with E-state index in [1.54, 1.807) is 0 Å². The molecule has 2 atom stereocenters. The van der Waals surface area contributed by atoms with Crippen molar-refractivity contribution >= 4 is 0 Å². The first kappa shape index (κ1) is 29.3. The molecule has 4 nitrogen and oxygen atoms in total. The zero-order valence-electron chi connectivity index (χ0n) is 25.2. The lowest BCUT2D eigenvalue weighted by Crippen LogP contribution is -2.47. The van der Waals surface area contributed by atoms with E-state index in [0.717, 1.165) is 35.9 Å². The molecule has 0 aromatic carbocycles. The summed E-state index contributed by atoms with van der Waals surface area (Å²) in [6.45, 7) is 0. The van der Waals surface area contributed by atoms with Gasteiger partial charge < -0.3 is 19.4 Å². The molecule has 4 rings (SSSR count). The summed E-state index contributed by atoms with van der Waals surface area (Å²) < 4.78 is 5.66. The Morgan fingerprint density at radius 2 is 0.811 bits per heavy atom. The molecule has 3 aliphatic carbocycles. The lowest BCUT2D eigenvalue weighted by molar-refractivity contribution is -0.239. The van der Waals surface area contributed by atoms with Gasteiger partial charge >= 0.3 is 0 Å². The largest absolute Gasteiger partial charge is 0.429 e. The van der Waals surface area contributed by atoms with Crippen LogP contribution in [-0.4, -0.2) is 92.1 Å². The summed E-state index contributed by atoms with van der Waals surface area (Å²) in [6, 6.07) is 2.36. The minimum Gasteiger partial charge on any atom is -0.429 e. The Hall–Kier alpha value is -0.680. The highest BCUT2D eigenvalue weighted by Gasteiger charge is 2.43. The predicted octanol–water partition coefficient (Wildman–Crippen LogP) is 6.14. The first-order valence-corrected chi connectivity index (χ1v) is 15.8. The van der Waals surface area contributed by atoms with Gasteiger partial charge in [0.1, 0.15) is 0 Å². The molecular weight excluding hydrogens is 454 g/mol. The van der Waals surface area contributed by atoms with Crippen molar-refractivity contribution in [1.29, 1.82) is 0 Å². The summed E-state index contributed by atoms with van der Waals surface area (Å²) in [6.07, 6.45) is 30.0. The SMILES string of the molecule is CN(C)C1CCC(/C=C/C=C/C2CC(C3CCC(N(C)C)CC3)[OH+]C(C3CCC(N(C)C)CC3)C2)CC1. The van der Waals surface area contributed by atoms with Crippen LogP contribution in [-0.2, 0) is 0 Å². The molecule has 4 heteroatoms. The molecular formula is C33H60N3O+. The summed E-state index contributed by atoms with van der Waals surface area (Å²) in [5, 5.41) is 0. The molecule has 1 saturated heterocycles. The Kier molecular flexibility index (Phi) is 11.2. The highest BCUT2D eigenvalue weighted by atomic mass is 16.5. The van der Waals surface area contributed by atoms with Gasteiger partial charge in [-0.25, -0.2) is 0 Å². The van der Waals surface area contributed by atoms with Crippen LogP contribution in [0, 0.1) is 23.7 Å². The Morgan fingerprint density at radius 1 is 0.459 bits per heavy atom. The zero-order chi connectivity index (χ0) is 26.4.